The second-order valence-electron chi connectivity index (χ2n) is 4.48. The van der Waals surface area contributed by atoms with Crippen LogP contribution >= 0.6 is 27.7 Å². The normalized spacial score (nSPS) is 17.5. The van der Waals surface area contributed by atoms with Gasteiger partial charge in [-0.1, -0.05) is 0 Å². The molecule has 0 radical (unpaired) electrons. The van der Waals surface area contributed by atoms with E-state index in [0.29, 0.717) is 16.9 Å². The van der Waals surface area contributed by atoms with E-state index in [1.54, 1.807) is 0 Å². The monoisotopic (exact) mass is 354 g/mol. The van der Waals surface area contributed by atoms with Crippen molar-refractivity contribution < 1.29 is 13.2 Å². The van der Waals surface area contributed by atoms with E-state index in [1.165, 1.54) is 6.20 Å². The third-order valence-electron chi connectivity index (χ3n) is 3.06. The Morgan fingerprint density at radius 2 is 2.05 bits per heavy atom. The summed E-state index contributed by atoms with van der Waals surface area (Å²) in [6, 6.07) is 1.06. The molecule has 2 rings (SSSR count). The summed E-state index contributed by atoms with van der Waals surface area (Å²) in [6.45, 7) is 0.554. The van der Waals surface area contributed by atoms with E-state index < -0.39 is 11.7 Å². The van der Waals surface area contributed by atoms with Crippen molar-refractivity contribution in [1.82, 2.24) is 4.98 Å². The van der Waals surface area contributed by atoms with Crippen molar-refractivity contribution in [3.63, 3.8) is 0 Å². The molecule has 1 aromatic heterocycles. The van der Waals surface area contributed by atoms with Crippen molar-refractivity contribution in [2.75, 3.05) is 23.4 Å². The zero-order chi connectivity index (χ0) is 13.9. The maximum absolute atomic E-state index is 12.9. The number of pyridine rings is 1. The molecular formula is C12H14BrF3N2S. The highest BCUT2D eigenvalue weighted by Crippen LogP contribution is 2.35. The predicted molar refractivity (Wildman–Crippen MR) is 75.5 cm³/mol. The Bertz CT molecular complexity index is 433. The summed E-state index contributed by atoms with van der Waals surface area (Å²) >= 11 is 4.92. The molecule has 1 aliphatic heterocycles. The quantitative estimate of drug-likeness (QED) is 0.869. The molecule has 0 atom stereocenters. The van der Waals surface area contributed by atoms with Gasteiger partial charge in [-0.15, -0.1) is 0 Å². The van der Waals surface area contributed by atoms with E-state index >= 15 is 0 Å². The largest absolute Gasteiger partial charge is 0.419 e. The molecule has 0 amide bonds. The number of hydrogen-bond donors (Lipinski definition) is 1. The van der Waals surface area contributed by atoms with Crippen LogP contribution in [0.3, 0.4) is 0 Å². The van der Waals surface area contributed by atoms with Crippen molar-refractivity contribution in [2.24, 2.45) is 5.92 Å². The van der Waals surface area contributed by atoms with Gasteiger partial charge in [0.2, 0.25) is 0 Å². The summed E-state index contributed by atoms with van der Waals surface area (Å²) < 4.78 is 39.0. The Labute approximate surface area is 122 Å². The highest BCUT2D eigenvalue weighted by atomic mass is 79.9. The molecule has 0 bridgehead atoms. The summed E-state index contributed by atoms with van der Waals surface area (Å²) in [7, 11) is 0. The fourth-order valence-corrected chi connectivity index (χ4v) is 3.52. The molecular weight excluding hydrogens is 341 g/mol. The smallest absolute Gasteiger partial charge is 0.369 e. The van der Waals surface area contributed by atoms with Gasteiger partial charge >= 0.3 is 6.18 Å². The van der Waals surface area contributed by atoms with Gasteiger partial charge in [0.05, 0.1) is 5.56 Å². The van der Waals surface area contributed by atoms with E-state index in [4.69, 9.17) is 0 Å². The van der Waals surface area contributed by atoms with Gasteiger partial charge in [0.1, 0.15) is 5.82 Å². The van der Waals surface area contributed by atoms with Crippen LogP contribution in [0.2, 0.25) is 0 Å². The second-order valence-corrected chi connectivity index (χ2v) is 6.62. The summed E-state index contributed by atoms with van der Waals surface area (Å²) in [4.78, 5) is 3.85. The maximum atomic E-state index is 12.9. The van der Waals surface area contributed by atoms with Crippen LogP contribution in [0, 0.1) is 5.92 Å². The minimum Gasteiger partial charge on any atom is -0.369 e. The van der Waals surface area contributed by atoms with Crippen LogP contribution in [0.5, 0.6) is 0 Å². The average molecular weight is 355 g/mol. The minimum atomic E-state index is -4.39. The number of nitrogens with one attached hydrogen (secondary N) is 1. The third kappa shape index (κ3) is 4.27. The molecule has 0 aromatic carbocycles. The predicted octanol–water partition coefficient (Wildman–Crippen LogP) is 4.42. The van der Waals surface area contributed by atoms with Crippen molar-refractivity contribution in [2.45, 2.75) is 19.0 Å². The van der Waals surface area contributed by atoms with Crippen LogP contribution < -0.4 is 5.32 Å². The molecule has 1 saturated heterocycles. The lowest BCUT2D eigenvalue weighted by Gasteiger charge is -2.22. The van der Waals surface area contributed by atoms with Crippen molar-refractivity contribution in [3.05, 3.63) is 22.3 Å². The molecule has 1 N–H and O–H groups in total. The average Bonchev–Trinajstić information content (AvgIpc) is 2.37. The van der Waals surface area contributed by atoms with Gasteiger partial charge in [0.25, 0.3) is 0 Å². The first-order valence-electron chi connectivity index (χ1n) is 6.01. The SMILES string of the molecule is FC(F)(F)c1cc(Br)cnc1NCC1CCSCC1. The van der Waals surface area contributed by atoms with Gasteiger partial charge in [-0.2, -0.15) is 24.9 Å². The van der Waals surface area contributed by atoms with E-state index in [1.807, 2.05) is 11.8 Å². The van der Waals surface area contributed by atoms with Crippen LogP contribution in [0.4, 0.5) is 19.0 Å². The van der Waals surface area contributed by atoms with Crippen LogP contribution in [-0.4, -0.2) is 23.0 Å². The fraction of sp³-hybridized carbons (Fsp3) is 0.583. The molecule has 0 unspecified atom stereocenters. The standard InChI is InChI=1S/C12H14BrF3N2S/c13-9-5-10(12(14,15)16)11(18-7-9)17-6-8-1-3-19-4-2-8/h5,7-8H,1-4,6H2,(H,17,18). The molecule has 0 aliphatic carbocycles. The van der Waals surface area contributed by atoms with Gasteiger partial charge in [-0.3, -0.25) is 0 Å². The first kappa shape index (κ1) is 15.0. The molecule has 7 heteroatoms. The molecule has 1 aromatic rings. The summed E-state index contributed by atoms with van der Waals surface area (Å²) in [5.74, 6) is 2.54. The number of anilines is 1. The number of aromatic nitrogens is 1. The summed E-state index contributed by atoms with van der Waals surface area (Å²) in [6.07, 6.45) is -0.902. The highest BCUT2D eigenvalue weighted by Gasteiger charge is 2.34. The lowest BCUT2D eigenvalue weighted by atomic mass is 10.0. The first-order valence-corrected chi connectivity index (χ1v) is 7.96. The number of alkyl halides is 3. The Morgan fingerprint density at radius 3 is 2.68 bits per heavy atom. The number of halogens is 4. The minimum absolute atomic E-state index is 0.0751. The van der Waals surface area contributed by atoms with Crippen LogP contribution in [0.15, 0.2) is 16.7 Å². The van der Waals surface area contributed by atoms with E-state index in [9.17, 15) is 13.2 Å². The van der Waals surface area contributed by atoms with E-state index in [-0.39, 0.29) is 5.82 Å². The highest BCUT2D eigenvalue weighted by molar-refractivity contribution is 9.10. The Kier molecular flexibility index (Phi) is 5.00. The van der Waals surface area contributed by atoms with Crippen molar-refractivity contribution in [3.8, 4) is 0 Å². The topological polar surface area (TPSA) is 24.9 Å². The Hall–Kier alpha value is -0.430. The first-order chi connectivity index (χ1) is 8.97. The number of rotatable bonds is 3. The van der Waals surface area contributed by atoms with Gasteiger partial charge in [0.15, 0.2) is 0 Å². The van der Waals surface area contributed by atoms with E-state index in [2.05, 4.69) is 26.2 Å². The molecule has 2 heterocycles. The fourth-order valence-electron chi connectivity index (χ4n) is 1.99. The van der Waals surface area contributed by atoms with Gasteiger partial charge in [-0.25, -0.2) is 4.98 Å². The molecule has 106 valence electrons. The lowest BCUT2D eigenvalue weighted by molar-refractivity contribution is -0.137. The second kappa shape index (κ2) is 6.35. The van der Waals surface area contributed by atoms with E-state index in [0.717, 1.165) is 30.4 Å². The van der Waals surface area contributed by atoms with Crippen molar-refractivity contribution in [1.29, 1.82) is 0 Å². The number of thioether (sulfide) groups is 1. The third-order valence-corrected chi connectivity index (χ3v) is 4.54. The molecule has 1 fully saturated rings. The molecule has 1 aliphatic rings. The molecule has 0 spiro atoms. The van der Waals surface area contributed by atoms with Gasteiger partial charge in [0, 0.05) is 17.2 Å². The lowest BCUT2D eigenvalue weighted by Crippen LogP contribution is -2.21. The van der Waals surface area contributed by atoms with Crippen LogP contribution in [-0.2, 0) is 6.18 Å². The zero-order valence-corrected chi connectivity index (χ0v) is 12.5. The molecule has 0 saturated carbocycles. The van der Waals surface area contributed by atoms with Crippen molar-refractivity contribution >= 4 is 33.5 Å². The molecule has 19 heavy (non-hydrogen) atoms. The Morgan fingerprint density at radius 1 is 1.37 bits per heavy atom. The summed E-state index contributed by atoms with van der Waals surface area (Å²) in [5.41, 5.74) is -0.716. The number of hydrogen-bond acceptors (Lipinski definition) is 3. The summed E-state index contributed by atoms with van der Waals surface area (Å²) in [5, 5.41) is 2.86. The zero-order valence-electron chi connectivity index (χ0n) is 10.1. The maximum Gasteiger partial charge on any atom is 0.419 e. The van der Waals surface area contributed by atoms with Crippen LogP contribution in [0.25, 0.3) is 0 Å². The Balaban J connectivity index is 2.06. The van der Waals surface area contributed by atoms with Gasteiger partial charge in [-0.05, 0) is 52.3 Å². The number of nitrogens with zero attached hydrogens (tertiary/aromatic N) is 1. The molecule has 2 nitrogen and oxygen atoms in total. The van der Waals surface area contributed by atoms with Crippen LogP contribution in [0.1, 0.15) is 18.4 Å². The van der Waals surface area contributed by atoms with Gasteiger partial charge < -0.3 is 5.32 Å².